The molecule has 33 heavy (non-hydrogen) atoms. The summed E-state index contributed by atoms with van der Waals surface area (Å²) in [5, 5.41) is 10.5. The van der Waals surface area contributed by atoms with Crippen molar-refractivity contribution in [2.75, 3.05) is 12.4 Å². The Hall–Kier alpha value is -3.23. The third kappa shape index (κ3) is 5.23. The minimum Gasteiger partial charge on any atom is -0.495 e. The summed E-state index contributed by atoms with van der Waals surface area (Å²) >= 11 is 7.44. The summed E-state index contributed by atoms with van der Waals surface area (Å²) in [6.45, 7) is 3.90. The van der Waals surface area contributed by atoms with Gasteiger partial charge >= 0.3 is 0 Å². The first kappa shape index (κ1) is 22.9. The van der Waals surface area contributed by atoms with Gasteiger partial charge in [0.25, 0.3) is 0 Å². The average Bonchev–Trinajstić information content (AvgIpc) is 3.33. The Balaban J connectivity index is 1.49. The summed E-state index contributed by atoms with van der Waals surface area (Å²) in [5.74, 6) is 0.0428. The average molecular weight is 485 g/mol. The molecule has 1 N–H and O–H groups in total. The van der Waals surface area contributed by atoms with Crippen molar-refractivity contribution in [3.63, 3.8) is 0 Å². The molecular weight excluding hydrogens is 463 g/mol. The molecule has 6 nitrogen and oxygen atoms in total. The Morgan fingerprint density at radius 3 is 2.82 bits per heavy atom. The van der Waals surface area contributed by atoms with E-state index in [0.717, 1.165) is 22.5 Å². The first-order valence-corrected chi connectivity index (χ1v) is 11.5. The quantitative estimate of drug-likeness (QED) is 0.375. The number of hydrogen-bond acceptors (Lipinski definition) is 5. The molecule has 0 bridgehead atoms. The van der Waals surface area contributed by atoms with Crippen LogP contribution in [0, 0.1) is 19.7 Å². The minimum atomic E-state index is -0.256. The number of ether oxygens (including phenoxy) is 1. The number of carbonyl (C=O) groups excluding carboxylic acids is 1. The topological polar surface area (TPSA) is 69.0 Å². The van der Waals surface area contributed by atoms with Crippen molar-refractivity contribution in [2.45, 2.75) is 26.7 Å². The zero-order valence-electron chi connectivity index (χ0n) is 18.4. The number of hydrogen-bond donors (Lipinski definition) is 1. The highest BCUT2D eigenvalue weighted by Gasteiger charge is 2.17. The molecule has 1 amide bonds. The maximum atomic E-state index is 13.6. The fourth-order valence-electron chi connectivity index (χ4n) is 3.58. The standard InChI is InChI=1S/C24H22ClFN4O2S/c1-14-20(10-16-5-4-6-18(26)9-16)15(2)30(29-14)24-27-19(13-33-24)12-23(31)28-21-11-17(25)7-8-22(21)32-3/h4-9,11,13H,10,12H2,1-3H3,(H,28,31). The molecule has 2 aromatic carbocycles. The van der Waals surface area contributed by atoms with Gasteiger partial charge in [0.2, 0.25) is 11.0 Å². The Morgan fingerprint density at radius 2 is 2.06 bits per heavy atom. The van der Waals surface area contributed by atoms with Crippen LogP contribution in [-0.2, 0) is 17.6 Å². The SMILES string of the molecule is COc1ccc(Cl)cc1NC(=O)Cc1csc(-n2nc(C)c(Cc3cccc(F)c3)c2C)n1. The van der Waals surface area contributed by atoms with Crippen LogP contribution in [0.4, 0.5) is 10.1 Å². The van der Waals surface area contributed by atoms with Crippen molar-refractivity contribution in [2.24, 2.45) is 0 Å². The maximum Gasteiger partial charge on any atom is 0.230 e. The lowest BCUT2D eigenvalue weighted by molar-refractivity contribution is -0.115. The van der Waals surface area contributed by atoms with Crippen LogP contribution in [-0.4, -0.2) is 27.8 Å². The van der Waals surface area contributed by atoms with Gasteiger partial charge in [-0.1, -0.05) is 23.7 Å². The van der Waals surface area contributed by atoms with E-state index in [1.165, 1.54) is 30.6 Å². The lowest BCUT2D eigenvalue weighted by Gasteiger charge is -2.10. The smallest absolute Gasteiger partial charge is 0.230 e. The molecule has 9 heteroatoms. The molecule has 0 aliphatic heterocycles. The van der Waals surface area contributed by atoms with E-state index in [1.807, 2.05) is 25.3 Å². The molecular formula is C24H22ClFN4O2S. The van der Waals surface area contributed by atoms with Crippen molar-refractivity contribution in [1.29, 1.82) is 0 Å². The van der Waals surface area contributed by atoms with Gasteiger partial charge in [0.1, 0.15) is 11.6 Å². The van der Waals surface area contributed by atoms with Crippen LogP contribution in [0.1, 0.15) is 28.2 Å². The summed E-state index contributed by atoms with van der Waals surface area (Å²) in [6.07, 6.45) is 0.680. The number of nitrogens with zero attached hydrogens (tertiary/aromatic N) is 3. The lowest BCUT2D eigenvalue weighted by Crippen LogP contribution is -2.15. The third-order valence-electron chi connectivity index (χ3n) is 5.21. The Labute approximate surface area is 200 Å². The molecule has 0 radical (unpaired) electrons. The van der Waals surface area contributed by atoms with E-state index in [1.54, 1.807) is 28.9 Å². The van der Waals surface area contributed by atoms with Gasteiger partial charge in [-0.05, 0) is 49.7 Å². The zero-order valence-corrected chi connectivity index (χ0v) is 19.9. The van der Waals surface area contributed by atoms with Gasteiger partial charge in [-0.15, -0.1) is 11.3 Å². The molecule has 0 aliphatic rings. The number of carbonyl (C=O) groups is 1. The molecule has 170 valence electrons. The minimum absolute atomic E-state index is 0.0988. The highest BCUT2D eigenvalue weighted by Crippen LogP contribution is 2.28. The van der Waals surface area contributed by atoms with E-state index in [9.17, 15) is 9.18 Å². The Kier molecular flexibility index (Phi) is 6.76. The number of thiazole rings is 1. The van der Waals surface area contributed by atoms with Crippen molar-refractivity contribution in [3.8, 4) is 10.9 Å². The van der Waals surface area contributed by atoms with Gasteiger partial charge in [0.15, 0.2) is 0 Å². The first-order chi connectivity index (χ1) is 15.8. The number of methoxy groups -OCH3 is 1. The molecule has 0 saturated carbocycles. The molecule has 4 rings (SSSR count). The van der Waals surface area contributed by atoms with Gasteiger partial charge in [-0.25, -0.2) is 14.1 Å². The number of anilines is 1. The highest BCUT2D eigenvalue weighted by molar-refractivity contribution is 7.12. The molecule has 0 unspecified atom stereocenters. The predicted octanol–water partition coefficient (Wildman–Crippen LogP) is 5.52. The van der Waals surface area contributed by atoms with Crippen molar-refractivity contribution >= 4 is 34.5 Å². The molecule has 0 fully saturated rings. The summed E-state index contributed by atoms with van der Waals surface area (Å²) in [6, 6.07) is 11.6. The molecule has 0 aliphatic carbocycles. The van der Waals surface area contributed by atoms with E-state index in [4.69, 9.17) is 16.3 Å². The van der Waals surface area contributed by atoms with Crippen LogP contribution in [0.3, 0.4) is 0 Å². The van der Waals surface area contributed by atoms with E-state index >= 15 is 0 Å². The Morgan fingerprint density at radius 1 is 1.24 bits per heavy atom. The van der Waals surface area contributed by atoms with Gasteiger partial charge in [-0.2, -0.15) is 5.10 Å². The fourth-order valence-corrected chi connectivity index (χ4v) is 4.58. The summed E-state index contributed by atoms with van der Waals surface area (Å²) in [7, 11) is 1.53. The van der Waals surface area contributed by atoms with Gasteiger partial charge < -0.3 is 10.1 Å². The second-order valence-electron chi connectivity index (χ2n) is 7.56. The predicted molar refractivity (Wildman–Crippen MR) is 128 cm³/mol. The van der Waals surface area contributed by atoms with Crippen molar-refractivity contribution < 1.29 is 13.9 Å². The second kappa shape index (κ2) is 9.72. The van der Waals surface area contributed by atoms with Crippen LogP contribution < -0.4 is 10.1 Å². The largest absolute Gasteiger partial charge is 0.495 e. The van der Waals surface area contributed by atoms with Crippen LogP contribution in [0.5, 0.6) is 5.75 Å². The monoisotopic (exact) mass is 484 g/mol. The number of benzene rings is 2. The van der Waals surface area contributed by atoms with Crippen molar-refractivity contribution in [1.82, 2.24) is 14.8 Å². The number of nitrogens with one attached hydrogen (secondary N) is 1. The Bertz CT molecular complexity index is 1320. The van der Waals surface area contributed by atoms with E-state index in [0.29, 0.717) is 33.7 Å². The van der Waals surface area contributed by atoms with Crippen LogP contribution >= 0.6 is 22.9 Å². The number of halogens is 2. The molecule has 0 atom stereocenters. The van der Waals surface area contributed by atoms with Gasteiger partial charge in [-0.3, -0.25) is 4.79 Å². The summed E-state index contributed by atoms with van der Waals surface area (Å²) < 4.78 is 20.6. The number of amides is 1. The number of aryl methyl sites for hydroxylation is 1. The molecule has 4 aromatic rings. The first-order valence-electron chi connectivity index (χ1n) is 10.2. The number of rotatable bonds is 7. The van der Waals surface area contributed by atoms with Crippen molar-refractivity contribution in [3.05, 3.63) is 86.9 Å². The normalized spacial score (nSPS) is 10.9. The zero-order chi connectivity index (χ0) is 23.5. The summed E-state index contributed by atoms with van der Waals surface area (Å²) in [4.78, 5) is 17.2. The maximum absolute atomic E-state index is 13.6. The molecule has 0 spiro atoms. The lowest BCUT2D eigenvalue weighted by atomic mass is 10.0. The fraction of sp³-hybridized carbons (Fsp3) is 0.208. The van der Waals surface area contributed by atoms with Crippen LogP contribution in [0.25, 0.3) is 5.13 Å². The highest BCUT2D eigenvalue weighted by atomic mass is 35.5. The van der Waals surface area contributed by atoms with E-state index < -0.39 is 0 Å². The van der Waals surface area contributed by atoms with Gasteiger partial charge in [0.05, 0.1) is 30.6 Å². The van der Waals surface area contributed by atoms with Gasteiger partial charge in [0, 0.05) is 28.1 Å². The van der Waals surface area contributed by atoms with E-state index in [2.05, 4.69) is 15.4 Å². The molecule has 2 aromatic heterocycles. The van der Waals surface area contributed by atoms with Crippen LogP contribution in [0.15, 0.2) is 47.8 Å². The molecule has 0 saturated heterocycles. The third-order valence-corrected chi connectivity index (χ3v) is 6.31. The summed E-state index contributed by atoms with van der Waals surface area (Å²) in [5.41, 5.74) is 4.85. The second-order valence-corrected chi connectivity index (χ2v) is 8.83. The van der Waals surface area contributed by atoms with Crippen LogP contribution in [0.2, 0.25) is 5.02 Å². The number of aromatic nitrogens is 3. The molecule has 2 heterocycles. The van der Waals surface area contributed by atoms with E-state index in [-0.39, 0.29) is 18.1 Å².